The first-order valence-electron chi connectivity index (χ1n) is 7.42. The molecule has 0 fully saturated rings. The number of primary sulfonamides is 1. The van der Waals surface area contributed by atoms with Gasteiger partial charge in [-0.05, 0) is 30.2 Å². The van der Waals surface area contributed by atoms with Crippen molar-refractivity contribution in [2.75, 3.05) is 6.54 Å². The van der Waals surface area contributed by atoms with Gasteiger partial charge in [0, 0.05) is 12.6 Å². The highest BCUT2D eigenvalue weighted by Gasteiger charge is 2.23. The number of non-ortho nitro benzene ring substituents is 1. The lowest BCUT2D eigenvalue weighted by molar-refractivity contribution is -0.394. The van der Waals surface area contributed by atoms with Gasteiger partial charge >= 0.3 is 0 Å². The van der Waals surface area contributed by atoms with Crippen molar-refractivity contribution in [3.05, 3.63) is 73.8 Å². The Bertz CT molecular complexity index is 1000. The molecule has 3 N–H and O–H groups in total. The van der Waals surface area contributed by atoms with Crippen molar-refractivity contribution in [2.45, 2.75) is 11.3 Å². The quantitative estimate of drug-likeness (QED) is 0.522. The molecule has 0 heterocycles. The molecule has 11 nitrogen and oxygen atoms in total. The molecule has 0 unspecified atom stereocenters. The van der Waals surface area contributed by atoms with Gasteiger partial charge in [-0.15, -0.1) is 0 Å². The van der Waals surface area contributed by atoms with Crippen LogP contribution in [0.2, 0.25) is 0 Å². The Morgan fingerprint density at radius 2 is 1.67 bits per heavy atom. The molecule has 0 bridgehead atoms. The van der Waals surface area contributed by atoms with E-state index in [-0.39, 0.29) is 17.0 Å². The molecule has 12 heteroatoms. The Balaban J connectivity index is 2.05. The van der Waals surface area contributed by atoms with Gasteiger partial charge in [0.25, 0.3) is 17.3 Å². The smallest absolute Gasteiger partial charge is 0.289 e. The van der Waals surface area contributed by atoms with E-state index in [2.05, 4.69) is 5.32 Å². The predicted octanol–water partition coefficient (Wildman–Crippen LogP) is 1.12. The number of carbonyl (C=O) groups is 1. The second-order valence-corrected chi connectivity index (χ2v) is 6.97. The lowest BCUT2D eigenvalue weighted by Gasteiger charge is -2.07. The second kappa shape index (κ2) is 7.88. The number of rotatable bonds is 7. The fraction of sp³-hybridized carbons (Fsp3) is 0.133. The van der Waals surface area contributed by atoms with Gasteiger partial charge in [-0.3, -0.25) is 25.0 Å². The van der Waals surface area contributed by atoms with Crippen LogP contribution in [0, 0.1) is 20.2 Å². The molecule has 1 amide bonds. The van der Waals surface area contributed by atoms with Gasteiger partial charge in [0.15, 0.2) is 0 Å². The Labute approximate surface area is 153 Å². The van der Waals surface area contributed by atoms with Crippen molar-refractivity contribution >= 4 is 27.3 Å². The summed E-state index contributed by atoms with van der Waals surface area (Å²) in [5.74, 6) is -0.752. The van der Waals surface area contributed by atoms with Gasteiger partial charge in [-0.2, -0.15) is 0 Å². The average molecular weight is 394 g/mol. The van der Waals surface area contributed by atoms with Crippen molar-refractivity contribution in [1.29, 1.82) is 0 Å². The Hall–Kier alpha value is -3.38. The number of nitro groups is 2. The molecule has 27 heavy (non-hydrogen) atoms. The van der Waals surface area contributed by atoms with Gasteiger partial charge in [0.05, 0.1) is 20.8 Å². The van der Waals surface area contributed by atoms with E-state index in [1.54, 1.807) is 0 Å². The van der Waals surface area contributed by atoms with Crippen molar-refractivity contribution < 1.29 is 23.1 Å². The summed E-state index contributed by atoms with van der Waals surface area (Å²) >= 11 is 0. The molecule has 2 aromatic carbocycles. The molecule has 142 valence electrons. The highest BCUT2D eigenvalue weighted by atomic mass is 32.2. The van der Waals surface area contributed by atoms with E-state index in [0.717, 1.165) is 18.2 Å². The van der Waals surface area contributed by atoms with Crippen LogP contribution in [0.15, 0.2) is 47.4 Å². The first-order chi connectivity index (χ1) is 12.6. The van der Waals surface area contributed by atoms with Crippen LogP contribution in [0.25, 0.3) is 0 Å². The number of nitrogens with two attached hydrogens (primary N) is 1. The number of hydrogen-bond donors (Lipinski definition) is 2. The minimum absolute atomic E-state index is 0.0446. The molecule has 0 saturated carbocycles. The van der Waals surface area contributed by atoms with Crippen LogP contribution in [0.1, 0.15) is 15.9 Å². The highest BCUT2D eigenvalue weighted by molar-refractivity contribution is 7.89. The third-order valence-corrected chi connectivity index (χ3v) is 4.51. The maximum absolute atomic E-state index is 12.1. The number of hydrogen-bond acceptors (Lipinski definition) is 7. The van der Waals surface area contributed by atoms with Crippen LogP contribution in [-0.2, 0) is 16.4 Å². The van der Waals surface area contributed by atoms with E-state index in [1.165, 1.54) is 24.3 Å². The first-order valence-corrected chi connectivity index (χ1v) is 8.97. The summed E-state index contributed by atoms with van der Waals surface area (Å²) in [4.78, 5) is 32.2. The zero-order valence-electron chi connectivity index (χ0n) is 13.7. The molecule has 0 aliphatic rings. The van der Waals surface area contributed by atoms with Crippen LogP contribution in [-0.4, -0.2) is 30.7 Å². The Morgan fingerprint density at radius 3 is 2.19 bits per heavy atom. The Kier molecular flexibility index (Phi) is 5.82. The predicted molar refractivity (Wildman–Crippen MR) is 93.6 cm³/mol. The minimum atomic E-state index is -3.79. The molecule has 2 aromatic rings. The molecular weight excluding hydrogens is 380 g/mol. The zero-order valence-corrected chi connectivity index (χ0v) is 14.5. The van der Waals surface area contributed by atoms with Crippen molar-refractivity contribution in [3.8, 4) is 0 Å². The van der Waals surface area contributed by atoms with Gasteiger partial charge in [-0.1, -0.05) is 12.1 Å². The maximum atomic E-state index is 12.1. The molecule has 0 aliphatic carbocycles. The third kappa shape index (κ3) is 5.05. The van der Waals surface area contributed by atoms with E-state index in [1.807, 2.05) is 0 Å². The standard InChI is InChI=1S/C15H14N4O7S/c16-27(25,26)12-4-1-10(2-5-12)7-8-17-15(20)13-6-3-11(18(21)22)9-14(13)19(23)24/h1-6,9H,7-8H2,(H,17,20)(H2,16,25,26). The lowest BCUT2D eigenvalue weighted by atomic mass is 10.1. The first kappa shape index (κ1) is 19.9. The van der Waals surface area contributed by atoms with E-state index < -0.39 is 37.2 Å². The normalized spacial score (nSPS) is 11.0. The maximum Gasteiger partial charge on any atom is 0.289 e. The topological polar surface area (TPSA) is 176 Å². The fourth-order valence-corrected chi connectivity index (χ4v) is 2.75. The minimum Gasteiger partial charge on any atom is -0.351 e. The third-order valence-electron chi connectivity index (χ3n) is 3.58. The van der Waals surface area contributed by atoms with Gasteiger partial charge in [-0.25, -0.2) is 13.6 Å². The fourth-order valence-electron chi connectivity index (χ4n) is 2.24. The van der Waals surface area contributed by atoms with Gasteiger partial charge in [0.1, 0.15) is 5.56 Å². The molecular formula is C15H14N4O7S. The molecule has 0 aromatic heterocycles. The summed E-state index contributed by atoms with van der Waals surface area (Å²) in [5.41, 5.74) is -0.747. The van der Waals surface area contributed by atoms with Crippen LogP contribution in [0.4, 0.5) is 11.4 Å². The van der Waals surface area contributed by atoms with Gasteiger partial charge < -0.3 is 5.32 Å². The average Bonchev–Trinajstić information content (AvgIpc) is 2.60. The van der Waals surface area contributed by atoms with Crippen molar-refractivity contribution in [1.82, 2.24) is 5.32 Å². The van der Waals surface area contributed by atoms with Crippen LogP contribution in [0.5, 0.6) is 0 Å². The number of nitro benzene ring substituents is 2. The van der Waals surface area contributed by atoms with Gasteiger partial charge in [0.2, 0.25) is 10.0 Å². The summed E-state index contributed by atoms with van der Waals surface area (Å²) < 4.78 is 22.4. The SMILES string of the molecule is NS(=O)(=O)c1ccc(CCNC(=O)c2ccc([N+](=O)[O-])cc2[N+](=O)[O-])cc1. The zero-order chi connectivity index (χ0) is 20.2. The monoisotopic (exact) mass is 394 g/mol. The van der Waals surface area contributed by atoms with E-state index in [9.17, 15) is 33.4 Å². The highest BCUT2D eigenvalue weighted by Crippen LogP contribution is 2.24. The number of benzene rings is 2. The summed E-state index contributed by atoms with van der Waals surface area (Å²) in [5, 5.41) is 29.2. The van der Waals surface area contributed by atoms with Crippen LogP contribution in [0.3, 0.4) is 0 Å². The lowest BCUT2D eigenvalue weighted by Crippen LogP contribution is -2.26. The molecule has 0 aliphatic heterocycles. The summed E-state index contributed by atoms with van der Waals surface area (Å²) in [6, 6.07) is 8.46. The summed E-state index contributed by atoms with van der Waals surface area (Å²) in [6.07, 6.45) is 0.331. The van der Waals surface area contributed by atoms with Crippen LogP contribution >= 0.6 is 0 Å². The number of nitrogens with one attached hydrogen (secondary N) is 1. The van der Waals surface area contributed by atoms with Crippen molar-refractivity contribution in [3.63, 3.8) is 0 Å². The van der Waals surface area contributed by atoms with E-state index >= 15 is 0 Å². The van der Waals surface area contributed by atoms with E-state index in [0.29, 0.717) is 12.0 Å². The summed E-state index contributed by atoms with van der Waals surface area (Å²) in [7, 11) is -3.79. The Morgan fingerprint density at radius 1 is 1.04 bits per heavy atom. The molecule has 2 rings (SSSR count). The number of carbonyl (C=O) groups excluding carboxylic acids is 1. The number of sulfonamides is 1. The largest absolute Gasteiger partial charge is 0.351 e. The molecule has 0 radical (unpaired) electrons. The second-order valence-electron chi connectivity index (χ2n) is 5.41. The molecule has 0 spiro atoms. The molecule has 0 saturated heterocycles. The molecule has 0 atom stereocenters. The summed E-state index contributed by atoms with van der Waals surface area (Å²) in [6.45, 7) is 0.113. The van der Waals surface area contributed by atoms with Crippen LogP contribution < -0.4 is 10.5 Å². The van der Waals surface area contributed by atoms with E-state index in [4.69, 9.17) is 5.14 Å². The number of nitrogens with zero attached hydrogens (tertiary/aromatic N) is 2. The van der Waals surface area contributed by atoms with Crippen molar-refractivity contribution in [2.24, 2.45) is 5.14 Å². The number of amides is 1.